The topological polar surface area (TPSA) is 102 Å². The number of phenolic OH excluding ortho intramolecular Hbond substituents is 2. The van der Waals surface area contributed by atoms with Gasteiger partial charge in [-0.25, -0.2) is 4.39 Å². The van der Waals surface area contributed by atoms with Gasteiger partial charge in [0.15, 0.2) is 11.5 Å². The van der Waals surface area contributed by atoms with Crippen molar-refractivity contribution in [1.29, 1.82) is 0 Å². The molecule has 4 N–H and O–H groups in total. The maximum Gasteiger partial charge on any atom is 0.323 e. The van der Waals surface area contributed by atoms with Gasteiger partial charge in [0.05, 0.1) is 0 Å². The molecule has 142 valence electrons. The van der Waals surface area contributed by atoms with E-state index in [4.69, 9.17) is 15.2 Å². The van der Waals surface area contributed by atoms with Gasteiger partial charge in [-0.3, -0.25) is 4.79 Å². The normalized spacial score (nSPS) is 12.6. The van der Waals surface area contributed by atoms with Crippen molar-refractivity contribution in [2.75, 3.05) is 6.61 Å². The molecule has 0 radical (unpaired) electrons. The Bertz CT molecular complexity index is 726. The van der Waals surface area contributed by atoms with Gasteiger partial charge in [0.1, 0.15) is 30.3 Å². The van der Waals surface area contributed by atoms with Gasteiger partial charge in [0.25, 0.3) is 0 Å². The second-order valence-corrected chi connectivity index (χ2v) is 5.65. The van der Waals surface area contributed by atoms with Crippen LogP contribution in [0, 0.1) is 5.82 Å². The highest BCUT2D eigenvalue weighted by Gasteiger charge is 2.19. The van der Waals surface area contributed by atoms with Crippen LogP contribution >= 0.6 is 12.4 Å². The fourth-order valence-corrected chi connectivity index (χ4v) is 2.10. The summed E-state index contributed by atoms with van der Waals surface area (Å²) in [5.41, 5.74) is 6.40. The number of benzene rings is 2. The summed E-state index contributed by atoms with van der Waals surface area (Å²) in [7, 11) is 0. The largest absolute Gasteiger partial charge is 0.504 e. The third-order valence-corrected chi connectivity index (χ3v) is 3.41. The van der Waals surface area contributed by atoms with Gasteiger partial charge in [-0.05, 0) is 55.3 Å². The summed E-state index contributed by atoms with van der Waals surface area (Å²) in [6.45, 7) is 1.75. The van der Waals surface area contributed by atoms with Crippen molar-refractivity contribution in [3.05, 3.63) is 53.8 Å². The summed E-state index contributed by atoms with van der Waals surface area (Å²) in [4.78, 5) is 12.0. The van der Waals surface area contributed by atoms with Crippen LogP contribution in [0.25, 0.3) is 0 Å². The lowest BCUT2D eigenvalue weighted by Gasteiger charge is -2.17. The van der Waals surface area contributed by atoms with Crippen molar-refractivity contribution >= 4 is 18.4 Å². The maximum absolute atomic E-state index is 12.8. The van der Waals surface area contributed by atoms with Crippen LogP contribution in [0.2, 0.25) is 0 Å². The Morgan fingerprint density at radius 1 is 1.15 bits per heavy atom. The van der Waals surface area contributed by atoms with E-state index in [1.165, 1.54) is 36.4 Å². The fourth-order valence-electron chi connectivity index (χ4n) is 2.10. The molecule has 2 aromatic carbocycles. The van der Waals surface area contributed by atoms with Crippen LogP contribution in [-0.2, 0) is 16.0 Å². The average Bonchev–Trinajstić information content (AvgIpc) is 2.57. The lowest BCUT2D eigenvalue weighted by atomic mass is 10.1. The molecule has 0 heterocycles. The standard InChI is InChI=1S/C18H20FNO5.ClH/c1-11(10-24-14-5-3-13(19)4-6-14)25-18(23)15(20)8-12-2-7-16(21)17(22)9-12;/h2-7,9,11,15,21-22H,8,10,20H2,1H3;1H/t11-,15+;/m1./s1. The van der Waals surface area contributed by atoms with E-state index >= 15 is 0 Å². The molecule has 0 unspecified atom stereocenters. The molecule has 0 amide bonds. The van der Waals surface area contributed by atoms with Gasteiger partial charge < -0.3 is 25.4 Å². The lowest BCUT2D eigenvalue weighted by Crippen LogP contribution is -2.37. The van der Waals surface area contributed by atoms with E-state index in [0.29, 0.717) is 11.3 Å². The molecule has 26 heavy (non-hydrogen) atoms. The molecule has 6 nitrogen and oxygen atoms in total. The molecule has 0 saturated carbocycles. The van der Waals surface area contributed by atoms with Crippen LogP contribution in [0.1, 0.15) is 12.5 Å². The Kier molecular flexibility index (Phi) is 8.15. The lowest BCUT2D eigenvalue weighted by molar-refractivity contribution is -0.151. The quantitative estimate of drug-likeness (QED) is 0.500. The minimum atomic E-state index is -0.919. The Morgan fingerprint density at radius 2 is 1.81 bits per heavy atom. The number of carbonyl (C=O) groups excluding carboxylic acids is 1. The number of carbonyl (C=O) groups is 1. The fraction of sp³-hybridized carbons (Fsp3) is 0.278. The van der Waals surface area contributed by atoms with Crippen LogP contribution in [0.5, 0.6) is 17.2 Å². The number of hydrogen-bond acceptors (Lipinski definition) is 6. The van der Waals surface area contributed by atoms with Crippen LogP contribution in [-0.4, -0.2) is 34.9 Å². The maximum atomic E-state index is 12.8. The van der Waals surface area contributed by atoms with Crippen molar-refractivity contribution < 1.29 is 28.9 Å². The van der Waals surface area contributed by atoms with Crippen LogP contribution in [0.3, 0.4) is 0 Å². The zero-order valence-corrected chi connectivity index (χ0v) is 14.9. The Balaban J connectivity index is 0.00000338. The number of hydrogen-bond donors (Lipinski definition) is 3. The SMILES string of the molecule is C[C@H](COc1ccc(F)cc1)OC(=O)[C@@H](N)Cc1ccc(O)c(O)c1.Cl. The first-order chi connectivity index (χ1) is 11.8. The van der Waals surface area contributed by atoms with Gasteiger partial charge in [0, 0.05) is 0 Å². The summed E-state index contributed by atoms with van der Waals surface area (Å²) in [5.74, 6) is -1.03. The predicted octanol–water partition coefficient (Wildman–Crippen LogP) is 2.54. The van der Waals surface area contributed by atoms with Gasteiger partial charge in [-0.1, -0.05) is 6.07 Å². The molecule has 0 bridgehead atoms. The van der Waals surface area contributed by atoms with Gasteiger partial charge in [0.2, 0.25) is 0 Å². The molecular weight excluding hydrogens is 365 g/mol. The number of ether oxygens (including phenoxy) is 2. The molecule has 0 aliphatic heterocycles. The number of halogens is 2. The molecule has 8 heteroatoms. The molecule has 0 spiro atoms. The van der Waals surface area contributed by atoms with E-state index in [2.05, 4.69) is 0 Å². The molecule has 2 aromatic rings. The van der Waals surface area contributed by atoms with E-state index in [-0.39, 0.29) is 42.8 Å². The zero-order valence-electron chi connectivity index (χ0n) is 14.1. The van der Waals surface area contributed by atoms with E-state index < -0.39 is 18.1 Å². The Labute approximate surface area is 156 Å². The second-order valence-electron chi connectivity index (χ2n) is 5.65. The smallest absolute Gasteiger partial charge is 0.323 e. The van der Waals surface area contributed by atoms with Crippen molar-refractivity contribution in [2.45, 2.75) is 25.5 Å². The number of esters is 1. The third-order valence-electron chi connectivity index (χ3n) is 3.41. The molecular formula is C18H21ClFNO5. The molecule has 0 aromatic heterocycles. The highest BCUT2D eigenvalue weighted by molar-refractivity contribution is 5.85. The van der Waals surface area contributed by atoms with Crippen LogP contribution in [0.4, 0.5) is 4.39 Å². The van der Waals surface area contributed by atoms with Gasteiger partial charge in [-0.15, -0.1) is 12.4 Å². The summed E-state index contributed by atoms with van der Waals surface area (Å²) in [6.07, 6.45) is -0.394. The van der Waals surface area contributed by atoms with Crippen molar-refractivity contribution in [3.8, 4) is 17.2 Å². The van der Waals surface area contributed by atoms with Crippen molar-refractivity contribution in [1.82, 2.24) is 0 Å². The van der Waals surface area contributed by atoms with Gasteiger partial charge in [-0.2, -0.15) is 0 Å². The van der Waals surface area contributed by atoms with Crippen molar-refractivity contribution in [3.63, 3.8) is 0 Å². The van der Waals surface area contributed by atoms with Crippen LogP contribution < -0.4 is 10.5 Å². The van der Waals surface area contributed by atoms with Crippen molar-refractivity contribution in [2.24, 2.45) is 5.73 Å². The third kappa shape index (κ3) is 6.42. The minimum Gasteiger partial charge on any atom is -0.504 e. The van der Waals surface area contributed by atoms with E-state index in [1.54, 1.807) is 13.0 Å². The highest BCUT2D eigenvalue weighted by Crippen LogP contribution is 2.25. The second kappa shape index (κ2) is 9.84. The minimum absolute atomic E-state index is 0. The first kappa shape index (κ1) is 21.5. The Hall–Kier alpha value is -2.51. The molecule has 0 aliphatic rings. The molecule has 2 rings (SSSR count). The average molecular weight is 386 g/mol. The number of nitrogens with two attached hydrogens (primary N) is 1. The number of rotatable bonds is 7. The summed E-state index contributed by atoms with van der Waals surface area (Å²) >= 11 is 0. The summed E-state index contributed by atoms with van der Waals surface area (Å²) in [5, 5.41) is 18.7. The predicted molar refractivity (Wildman–Crippen MR) is 96.1 cm³/mol. The molecule has 0 aliphatic carbocycles. The zero-order chi connectivity index (χ0) is 18.4. The summed E-state index contributed by atoms with van der Waals surface area (Å²) in [6, 6.07) is 8.80. The first-order valence-corrected chi connectivity index (χ1v) is 7.70. The van der Waals surface area contributed by atoms with E-state index in [0.717, 1.165) is 0 Å². The molecule has 2 atom stereocenters. The van der Waals surface area contributed by atoms with Crippen LogP contribution in [0.15, 0.2) is 42.5 Å². The van der Waals surface area contributed by atoms with Gasteiger partial charge >= 0.3 is 5.97 Å². The molecule has 0 saturated heterocycles. The first-order valence-electron chi connectivity index (χ1n) is 7.70. The highest BCUT2D eigenvalue weighted by atomic mass is 35.5. The molecule has 0 fully saturated rings. The van der Waals surface area contributed by atoms with E-state index in [1.807, 2.05) is 0 Å². The summed E-state index contributed by atoms with van der Waals surface area (Å²) < 4.78 is 23.4. The number of phenols is 2. The monoisotopic (exact) mass is 385 g/mol. The Morgan fingerprint density at radius 3 is 2.42 bits per heavy atom. The number of aromatic hydroxyl groups is 2. The van der Waals surface area contributed by atoms with E-state index in [9.17, 15) is 19.4 Å².